The van der Waals surface area contributed by atoms with Gasteiger partial charge in [-0.15, -0.1) is 0 Å². The minimum atomic E-state index is -0.386. The summed E-state index contributed by atoms with van der Waals surface area (Å²) in [4.78, 5) is 20.2. The number of nitrogens with zero attached hydrogens (tertiary/aromatic N) is 2. The molecule has 2 heterocycles. The van der Waals surface area contributed by atoms with Crippen LogP contribution in [0.1, 0.15) is 38.3 Å². The Labute approximate surface area is 184 Å². The number of rotatable bonds is 3. The van der Waals surface area contributed by atoms with Gasteiger partial charge in [0.2, 0.25) is 5.91 Å². The second-order valence-corrected chi connectivity index (χ2v) is 9.40. The fraction of sp³-hybridized carbons (Fsp3) is 0.440. The molecule has 1 spiro atoms. The molecule has 1 atom stereocenters. The van der Waals surface area contributed by atoms with Gasteiger partial charge < -0.3 is 15.0 Å². The predicted octanol–water partition coefficient (Wildman–Crippen LogP) is 3.62. The van der Waals surface area contributed by atoms with E-state index in [1.165, 1.54) is 5.56 Å². The number of amides is 1. The number of nitrogens with one attached hydrogen (secondary N) is 2. The third-order valence-electron chi connectivity index (χ3n) is 5.94. The second-order valence-electron chi connectivity index (χ2n) is 9.40. The Morgan fingerprint density at radius 1 is 1.16 bits per heavy atom. The first-order valence-electron chi connectivity index (χ1n) is 10.9. The number of para-hydroxylation sites is 2. The van der Waals surface area contributed by atoms with Crippen molar-refractivity contribution in [2.24, 2.45) is 4.99 Å². The summed E-state index contributed by atoms with van der Waals surface area (Å²) in [5.41, 5.74) is 2.58. The van der Waals surface area contributed by atoms with Crippen LogP contribution >= 0.6 is 0 Å². The highest BCUT2D eigenvalue weighted by Crippen LogP contribution is 2.31. The summed E-state index contributed by atoms with van der Waals surface area (Å²) in [6, 6.07) is 16.0. The molecule has 1 amide bonds. The van der Waals surface area contributed by atoms with Crippen LogP contribution in [-0.2, 0) is 17.8 Å². The average Bonchev–Trinajstić information content (AvgIpc) is 3.12. The van der Waals surface area contributed by atoms with Crippen LogP contribution < -0.4 is 15.4 Å². The van der Waals surface area contributed by atoms with Gasteiger partial charge in [0, 0.05) is 30.9 Å². The Kier molecular flexibility index (Phi) is 5.75. The van der Waals surface area contributed by atoms with Crippen LogP contribution in [0.25, 0.3) is 0 Å². The zero-order chi connectivity index (χ0) is 22.1. The molecule has 0 unspecified atom stereocenters. The van der Waals surface area contributed by atoms with E-state index in [1.807, 2.05) is 35.2 Å². The molecule has 0 aromatic heterocycles. The van der Waals surface area contributed by atoms with E-state index in [4.69, 9.17) is 9.73 Å². The largest absolute Gasteiger partial charge is 0.496 e. The lowest BCUT2D eigenvalue weighted by Crippen LogP contribution is -2.56. The van der Waals surface area contributed by atoms with Gasteiger partial charge in [-0.1, -0.05) is 36.4 Å². The molecule has 2 aromatic carbocycles. The van der Waals surface area contributed by atoms with Gasteiger partial charge in [-0.3, -0.25) is 15.1 Å². The summed E-state index contributed by atoms with van der Waals surface area (Å²) in [7, 11) is 1.64. The van der Waals surface area contributed by atoms with E-state index in [-0.39, 0.29) is 17.0 Å². The molecule has 4 rings (SSSR count). The average molecular weight is 421 g/mol. The van der Waals surface area contributed by atoms with Gasteiger partial charge in [0.05, 0.1) is 24.6 Å². The molecule has 6 nitrogen and oxygen atoms in total. The van der Waals surface area contributed by atoms with Crippen LogP contribution in [-0.4, -0.2) is 47.9 Å². The molecule has 2 N–H and O–H groups in total. The minimum absolute atomic E-state index is 0.111. The van der Waals surface area contributed by atoms with Gasteiger partial charge >= 0.3 is 0 Å². The highest BCUT2D eigenvalue weighted by molar-refractivity contribution is 6.04. The van der Waals surface area contributed by atoms with Crippen LogP contribution in [0.3, 0.4) is 0 Å². The van der Waals surface area contributed by atoms with Crippen molar-refractivity contribution in [1.29, 1.82) is 0 Å². The molecule has 0 saturated carbocycles. The molecule has 2 aliphatic heterocycles. The van der Waals surface area contributed by atoms with Crippen LogP contribution in [0.5, 0.6) is 5.75 Å². The van der Waals surface area contributed by atoms with Crippen molar-refractivity contribution >= 4 is 17.4 Å². The maximum atomic E-state index is 13.2. The van der Waals surface area contributed by atoms with Crippen molar-refractivity contribution in [3.05, 3.63) is 59.7 Å². The van der Waals surface area contributed by atoms with E-state index in [1.54, 1.807) is 7.11 Å². The first-order valence-corrected chi connectivity index (χ1v) is 10.9. The summed E-state index contributed by atoms with van der Waals surface area (Å²) in [6.45, 7) is 8.34. The fourth-order valence-electron chi connectivity index (χ4n) is 4.35. The minimum Gasteiger partial charge on any atom is -0.496 e. The molecule has 0 bridgehead atoms. The Balaban J connectivity index is 1.59. The van der Waals surface area contributed by atoms with Crippen molar-refractivity contribution in [3.63, 3.8) is 0 Å². The van der Waals surface area contributed by atoms with Gasteiger partial charge in [0.1, 0.15) is 11.6 Å². The number of hydrogen-bond donors (Lipinski definition) is 2. The van der Waals surface area contributed by atoms with Gasteiger partial charge in [-0.25, -0.2) is 0 Å². The zero-order valence-corrected chi connectivity index (χ0v) is 18.9. The second kappa shape index (κ2) is 8.35. The highest BCUT2D eigenvalue weighted by atomic mass is 16.5. The monoisotopic (exact) mass is 420 g/mol. The molecule has 2 aromatic rings. The number of aliphatic imine (C=N–C) groups is 1. The fourth-order valence-corrected chi connectivity index (χ4v) is 4.35. The molecule has 1 fully saturated rings. The number of amidine groups is 1. The number of carbonyl (C=O) groups excluding carboxylic acids is 1. The molecular formula is C25H32N4O2. The predicted molar refractivity (Wildman–Crippen MR) is 125 cm³/mol. The summed E-state index contributed by atoms with van der Waals surface area (Å²) in [5, 5.41) is 7.35. The zero-order valence-electron chi connectivity index (χ0n) is 18.9. The third kappa shape index (κ3) is 4.59. The number of likely N-dealkylation sites (tertiary alicyclic amines) is 1. The van der Waals surface area contributed by atoms with Gasteiger partial charge in [-0.05, 0) is 44.9 Å². The number of benzene rings is 2. The smallest absolute Gasteiger partial charge is 0.227 e. The molecule has 1 saturated heterocycles. The Bertz CT molecular complexity index is 995. The summed E-state index contributed by atoms with van der Waals surface area (Å²) < 4.78 is 5.43. The van der Waals surface area contributed by atoms with E-state index in [0.717, 1.165) is 35.8 Å². The number of carbonyl (C=O) groups is 1. The van der Waals surface area contributed by atoms with Crippen molar-refractivity contribution in [1.82, 2.24) is 10.2 Å². The molecule has 164 valence electrons. The third-order valence-corrected chi connectivity index (χ3v) is 5.94. The number of ether oxygens (including phenoxy) is 1. The van der Waals surface area contributed by atoms with Gasteiger partial charge in [-0.2, -0.15) is 0 Å². The van der Waals surface area contributed by atoms with Crippen molar-refractivity contribution in [2.75, 3.05) is 25.5 Å². The normalized spacial score (nSPS) is 22.2. The van der Waals surface area contributed by atoms with Crippen LogP contribution in [0.4, 0.5) is 5.69 Å². The van der Waals surface area contributed by atoms with Crippen molar-refractivity contribution < 1.29 is 9.53 Å². The standard InChI is InChI=1S/C25H32N4O2/c1-24(2,3)28-23-25(26-16-19-10-5-7-11-20(19)27-23)13-14-29(17-25)22(30)15-18-9-6-8-12-21(18)31-4/h5-12,26H,13-17H2,1-4H3,(H,27,28)/t25-/m1/s1. The number of methoxy groups -OCH3 is 1. The summed E-state index contributed by atoms with van der Waals surface area (Å²) in [5.74, 6) is 1.78. The van der Waals surface area contributed by atoms with E-state index in [2.05, 4.69) is 49.6 Å². The quantitative estimate of drug-likeness (QED) is 0.796. The maximum absolute atomic E-state index is 13.2. The molecular weight excluding hydrogens is 388 g/mol. The lowest BCUT2D eigenvalue weighted by Gasteiger charge is -2.32. The lowest BCUT2D eigenvalue weighted by molar-refractivity contribution is -0.129. The molecule has 0 aliphatic carbocycles. The summed E-state index contributed by atoms with van der Waals surface area (Å²) >= 11 is 0. The van der Waals surface area contributed by atoms with Crippen molar-refractivity contribution in [2.45, 2.75) is 51.2 Å². The molecule has 6 heteroatoms. The Hall–Kier alpha value is -2.86. The topological polar surface area (TPSA) is 66.0 Å². The highest BCUT2D eigenvalue weighted by Gasteiger charge is 2.45. The number of anilines is 1. The number of fused-ring (bicyclic) bond motifs is 1. The first kappa shape index (κ1) is 21.4. The van der Waals surface area contributed by atoms with E-state index in [0.29, 0.717) is 19.5 Å². The molecule has 0 radical (unpaired) electrons. The Morgan fingerprint density at radius 2 is 1.90 bits per heavy atom. The van der Waals surface area contributed by atoms with E-state index < -0.39 is 0 Å². The Morgan fingerprint density at radius 3 is 2.68 bits per heavy atom. The van der Waals surface area contributed by atoms with E-state index in [9.17, 15) is 4.79 Å². The van der Waals surface area contributed by atoms with Gasteiger partial charge in [0.15, 0.2) is 0 Å². The van der Waals surface area contributed by atoms with Crippen LogP contribution in [0, 0.1) is 0 Å². The molecule has 31 heavy (non-hydrogen) atoms. The van der Waals surface area contributed by atoms with Crippen LogP contribution in [0.15, 0.2) is 53.5 Å². The maximum Gasteiger partial charge on any atom is 0.227 e. The number of hydrogen-bond acceptors (Lipinski definition) is 4. The van der Waals surface area contributed by atoms with Crippen LogP contribution in [0.2, 0.25) is 0 Å². The summed E-state index contributed by atoms with van der Waals surface area (Å²) in [6.07, 6.45) is 1.15. The lowest BCUT2D eigenvalue weighted by atomic mass is 9.95. The van der Waals surface area contributed by atoms with E-state index >= 15 is 0 Å². The van der Waals surface area contributed by atoms with Gasteiger partial charge in [0.25, 0.3) is 0 Å². The molecule has 2 aliphatic rings. The first-order chi connectivity index (χ1) is 14.8. The van der Waals surface area contributed by atoms with Crippen molar-refractivity contribution in [3.8, 4) is 5.75 Å². The SMILES string of the molecule is COc1ccccc1CC(=O)N1CC[C@]2(C1)NCc1ccccc1NC2=NC(C)(C)C.